The molecule has 3 nitrogen and oxygen atoms in total. The highest BCUT2D eigenvalue weighted by atomic mass is 16.3. The van der Waals surface area contributed by atoms with E-state index in [-0.39, 0.29) is 5.75 Å². The van der Waals surface area contributed by atoms with Crippen LogP contribution in [-0.4, -0.2) is 10.1 Å². The normalized spacial score (nSPS) is 14.2. The standard InChI is InChI=1S/C21H17NO2/c23-14-7-5-13(6-8-14)21-16-4-2-1-3-15(16)20-17-11-12-24-19(17)10-9-18(20)22-21/h5-12,23H,1-4H2. The van der Waals surface area contributed by atoms with Crippen LogP contribution >= 0.6 is 0 Å². The molecule has 24 heavy (non-hydrogen) atoms. The molecule has 1 N–H and O–H groups in total. The van der Waals surface area contributed by atoms with Gasteiger partial charge in [-0.2, -0.15) is 0 Å². The highest BCUT2D eigenvalue weighted by Gasteiger charge is 2.21. The molecule has 4 aromatic rings. The van der Waals surface area contributed by atoms with Crippen molar-refractivity contribution in [3.63, 3.8) is 0 Å². The molecule has 0 aliphatic heterocycles. The molecule has 0 amide bonds. The second-order valence-electron chi connectivity index (χ2n) is 6.46. The minimum Gasteiger partial charge on any atom is -0.508 e. The summed E-state index contributed by atoms with van der Waals surface area (Å²) in [6.07, 6.45) is 6.32. The van der Waals surface area contributed by atoms with E-state index in [1.54, 1.807) is 18.4 Å². The number of hydrogen-bond donors (Lipinski definition) is 1. The summed E-state index contributed by atoms with van der Waals surface area (Å²) in [5.74, 6) is 0.286. The molecular weight excluding hydrogens is 298 g/mol. The van der Waals surface area contributed by atoms with Gasteiger partial charge in [-0.25, -0.2) is 4.98 Å². The number of aromatic nitrogens is 1. The summed E-state index contributed by atoms with van der Waals surface area (Å²) in [5, 5.41) is 12.0. The van der Waals surface area contributed by atoms with Crippen molar-refractivity contribution in [1.29, 1.82) is 0 Å². The van der Waals surface area contributed by atoms with E-state index < -0.39 is 0 Å². The number of fused-ring (bicyclic) bond motifs is 5. The molecule has 0 unspecified atom stereocenters. The number of pyridine rings is 1. The van der Waals surface area contributed by atoms with Crippen molar-refractivity contribution in [2.24, 2.45) is 0 Å². The molecule has 118 valence electrons. The lowest BCUT2D eigenvalue weighted by molar-refractivity contribution is 0.475. The van der Waals surface area contributed by atoms with Crippen LogP contribution in [0.1, 0.15) is 24.0 Å². The number of rotatable bonds is 1. The summed E-state index contributed by atoms with van der Waals surface area (Å²) in [5.41, 5.74) is 6.84. The van der Waals surface area contributed by atoms with Gasteiger partial charge in [-0.05, 0) is 79.3 Å². The van der Waals surface area contributed by atoms with Crippen LogP contribution in [0.3, 0.4) is 0 Å². The lowest BCUT2D eigenvalue weighted by Crippen LogP contribution is -2.07. The summed E-state index contributed by atoms with van der Waals surface area (Å²) >= 11 is 0. The predicted octanol–water partition coefficient (Wildman–Crippen LogP) is 5.23. The third kappa shape index (κ3) is 1.94. The Morgan fingerprint density at radius 3 is 2.50 bits per heavy atom. The zero-order chi connectivity index (χ0) is 16.1. The van der Waals surface area contributed by atoms with E-state index in [0.29, 0.717) is 0 Å². The van der Waals surface area contributed by atoms with Crippen LogP contribution in [0.15, 0.2) is 53.1 Å². The number of phenols is 1. The van der Waals surface area contributed by atoms with Crippen molar-refractivity contribution < 1.29 is 9.52 Å². The smallest absolute Gasteiger partial charge is 0.134 e. The van der Waals surface area contributed by atoms with Crippen LogP contribution < -0.4 is 0 Å². The van der Waals surface area contributed by atoms with E-state index in [1.165, 1.54) is 29.4 Å². The molecule has 1 aliphatic rings. The van der Waals surface area contributed by atoms with Gasteiger partial charge in [-0.1, -0.05) is 0 Å². The van der Waals surface area contributed by atoms with Gasteiger partial charge in [0.05, 0.1) is 17.5 Å². The Morgan fingerprint density at radius 2 is 1.67 bits per heavy atom. The molecule has 0 saturated carbocycles. The van der Waals surface area contributed by atoms with Crippen LogP contribution in [0.5, 0.6) is 5.75 Å². The van der Waals surface area contributed by atoms with Crippen molar-refractivity contribution in [2.75, 3.05) is 0 Å². The number of hydrogen-bond acceptors (Lipinski definition) is 3. The Hall–Kier alpha value is -2.81. The molecule has 2 aromatic carbocycles. The fourth-order valence-corrected chi connectivity index (χ4v) is 3.93. The average molecular weight is 315 g/mol. The summed E-state index contributed by atoms with van der Waals surface area (Å²) in [4.78, 5) is 4.99. The van der Waals surface area contributed by atoms with Crippen molar-refractivity contribution in [1.82, 2.24) is 4.98 Å². The summed E-state index contributed by atoms with van der Waals surface area (Å²) in [7, 11) is 0. The molecule has 0 radical (unpaired) electrons. The molecule has 1 aliphatic carbocycles. The van der Waals surface area contributed by atoms with E-state index >= 15 is 0 Å². The first-order valence-electron chi connectivity index (χ1n) is 8.42. The zero-order valence-electron chi connectivity index (χ0n) is 13.2. The minimum absolute atomic E-state index is 0.286. The van der Waals surface area contributed by atoms with Crippen molar-refractivity contribution >= 4 is 21.9 Å². The highest BCUT2D eigenvalue weighted by Crippen LogP contribution is 2.38. The Balaban J connectivity index is 1.88. The second-order valence-corrected chi connectivity index (χ2v) is 6.46. The fraction of sp³-hybridized carbons (Fsp3) is 0.190. The summed E-state index contributed by atoms with van der Waals surface area (Å²) in [6, 6.07) is 13.5. The van der Waals surface area contributed by atoms with E-state index in [9.17, 15) is 5.11 Å². The van der Waals surface area contributed by atoms with Crippen molar-refractivity contribution in [3.05, 3.63) is 59.9 Å². The second kappa shape index (κ2) is 5.10. The SMILES string of the molecule is Oc1ccc(-c2nc3ccc4occc4c3c3c2CCCC3)cc1. The molecule has 0 bridgehead atoms. The predicted molar refractivity (Wildman–Crippen MR) is 95.3 cm³/mol. The number of benzene rings is 2. The Labute approximate surface area is 139 Å². The van der Waals surface area contributed by atoms with E-state index in [0.717, 1.165) is 40.6 Å². The monoisotopic (exact) mass is 315 g/mol. The van der Waals surface area contributed by atoms with E-state index in [4.69, 9.17) is 9.40 Å². The summed E-state index contributed by atoms with van der Waals surface area (Å²) < 4.78 is 5.59. The zero-order valence-corrected chi connectivity index (χ0v) is 13.2. The molecule has 0 spiro atoms. The van der Waals surface area contributed by atoms with Gasteiger partial charge in [0.1, 0.15) is 11.3 Å². The van der Waals surface area contributed by atoms with Gasteiger partial charge in [0.2, 0.25) is 0 Å². The molecule has 0 fully saturated rings. The van der Waals surface area contributed by atoms with Gasteiger partial charge < -0.3 is 9.52 Å². The maximum atomic E-state index is 9.58. The van der Waals surface area contributed by atoms with Gasteiger partial charge in [0.15, 0.2) is 0 Å². The molecular formula is C21H17NO2. The molecule has 0 saturated heterocycles. The molecule has 3 heteroatoms. The first-order chi connectivity index (χ1) is 11.8. The fourth-order valence-electron chi connectivity index (χ4n) is 3.93. The van der Waals surface area contributed by atoms with Crippen LogP contribution in [0.2, 0.25) is 0 Å². The van der Waals surface area contributed by atoms with Crippen molar-refractivity contribution in [3.8, 4) is 17.0 Å². The van der Waals surface area contributed by atoms with Gasteiger partial charge in [-0.15, -0.1) is 0 Å². The molecule has 2 aromatic heterocycles. The van der Waals surface area contributed by atoms with Crippen LogP contribution in [0, 0.1) is 0 Å². The minimum atomic E-state index is 0.286. The third-order valence-electron chi connectivity index (χ3n) is 5.04. The first-order valence-corrected chi connectivity index (χ1v) is 8.42. The van der Waals surface area contributed by atoms with Gasteiger partial charge in [0.25, 0.3) is 0 Å². The topological polar surface area (TPSA) is 46.3 Å². The Bertz CT molecular complexity index is 1060. The van der Waals surface area contributed by atoms with Crippen LogP contribution in [0.4, 0.5) is 0 Å². The largest absolute Gasteiger partial charge is 0.508 e. The van der Waals surface area contributed by atoms with E-state index in [1.807, 2.05) is 18.2 Å². The van der Waals surface area contributed by atoms with Gasteiger partial charge >= 0.3 is 0 Å². The van der Waals surface area contributed by atoms with Crippen LogP contribution in [0.25, 0.3) is 33.1 Å². The number of furan rings is 1. The average Bonchev–Trinajstić information content (AvgIpc) is 3.10. The lowest BCUT2D eigenvalue weighted by atomic mass is 9.85. The number of nitrogens with zero attached hydrogens (tertiary/aromatic N) is 1. The molecule has 5 rings (SSSR count). The first kappa shape index (κ1) is 13.6. The molecule has 0 atom stereocenters. The Morgan fingerprint density at radius 1 is 0.875 bits per heavy atom. The quantitative estimate of drug-likeness (QED) is 0.523. The lowest BCUT2D eigenvalue weighted by Gasteiger charge is -2.21. The molecule has 2 heterocycles. The van der Waals surface area contributed by atoms with Crippen molar-refractivity contribution in [2.45, 2.75) is 25.7 Å². The summed E-state index contributed by atoms with van der Waals surface area (Å²) in [6.45, 7) is 0. The number of phenolic OH excluding ortho intramolecular Hbond substituents is 1. The van der Waals surface area contributed by atoms with Gasteiger partial charge in [-0.3, -0.25) is 0 Å². The van der Waals surface area contributed by atoms with E-state index in [2.05, 4.69) is 12.1 Å². The number of aryl methyl sites for hydroxylation is 1. The number of aromatic hydroxyl groups is 1. The van der Waals surface area contributed by atoms with Gasteiger partial charge in [0, 0.05) is 16.3 Å². The van der Waals surface area contributed by atoms with Crippen LogP contribution in [-0.2, 0) is 12.8 Å². The third-order valence-corrected chi connectivity index (χ3v) is 5.04. The Kier molecular flexibility index (Phi) is 2.89. The maximum absolute atomic E-state index is 9.58. The highest BCUT2D eigenvalue weighted by molar-refractivity contribution is 6.07. The maximum Gasteiger partial charge on any atom is 0.134 e.